The summed E-state index contributed by atoms with van der Waals surface area (Å²) in [5, 5.41) is 2.80. The lowest BCUT2D eigenvalue weighted by atomic mass is 10.1. The van der Waals surface area contributed by atoms with Crippen LogP contribution >= 0.6 is 0 Å². The molecule has 0 aliphatic carbocycles. The van der Waals surface area contributed by atoms with Crippen LogP contribution in [-0.2, 0) is 4.79 Å². The molecule has 0 bridgehead atoms. The Morgan fingerprint density at radius 3 is 2.50 bits per heavy atom. The van der Waals surface area contributed by atoms with E-state index in [4.69, 9.17) is 5.73 Å². The van der Waals surface area contributed by atoms with Crippen molar-refractivity contribution in [2.45, 2.75) is 25.9 Å². The fourth-order valence-corrected chi connectivity index (χ4v) is 1.08. The van der Waals surface area contributed by atoms with Crippen LogP contribution in [0.2, 0.25) is 0 Å². The van der Waals surface area contributed by atoms with Crippen molar-refractivity contribution in [3.8, 4) is 0 Å². The van der Waals surface area contributed by atoms with Gasteiger partial charge in [0.15, 0.2) is 0 Å². The van der Waals surface area contributed by atoms with Crippen LogP contribution in [0, 0.1) is 0 Å². The molecule has 0 saturated heterocycles. The molecule has 1 rings (SSSR count). The predicted octanol–water partition coefficient (Wildman–Crippen LogP) is 0.606. The second kappa shape index (κ2) is 4.72. The minimum absolute atomic E-state index is 0.0310. The monoisotopic (exact) mass is 193 g/mol. The third-order valence-corrected chi connectivity index (χ3v) is 1.98. The average molecular weight is 193 g/mol. The number of amides is 1. The van der Waals surface area contributed by atoms with E-state index in [-0.39, 0.29) is 11.9 Å². The quantitative estimate of drug-likeness (QED) is 0.739. The first-order valence-electron chi connectivity index (χ1n) is 4.57. The Labute approximate surface area is 83.5 Å². The summed E-state index contributed by atoms with van der Waals surface area (Å²) in [6, 6.07) is 3.23. The first-order valence-corrected chi connectivity index (χ1v) is 4.57. The van der Waals surface area contributed by atoms with Crippen LogP contribution in [-0.4, -0.2) is 16.9 Å². The molecule has 3 N–H and O–H groups in total. The lowest BCUT2D eigenvalue weighted by Gasteiger charge is -2.15. The minimum atomic E-state index is -0.473. The highest BCUT2D eigenvalue weighted by Crippen LogP contribution is 2.09. The van der Waals surface area contributed by atoms with Gasteiger partial charge in [0.25, 0.3) is 0 Å². The second-order valence-electron chi connectivity index (χ2n) is 3.30. The topological polar surface area (TPSA) is 68.0 Å². The largest absolute Gasteiger partial charge is 0.348 e. The number of nitrogens with one attached hydrogen (secondary N) is 1. The summed E-state index contributed by atoms with van der Waals surface area (Å²) in [7, 11) is 0. The smallest absolute Gasteiger partial charge is 0.237 e. The van der Waals surface area contributed by atoms with Crippen LogP contribution in [0.4, 0.5) is 0 Å². The molecule has 0 aliphatic rings. The third-order valence-electron chi connectivity index (χ3n) is 1.98. The molecule has 0 unspecified atom stereocenters. The molecule has 0 spiro atoms. The normalized spacial score (nSPS) is 14.5. The van der Waals surface area contributed by atoms with Gasteiger partial charge in [0.2, 0.25) is 5.91 Å². The van der Waals surface area contributed by atoms with Gasteiger partial charge < -0.3 is 11.1 Å². The molecule has 76 valence electrons. The molecule has 1 heterocycles. The Bertz CT molecular complexity index is 297. The summed E-state index contributed by atoms with van der Waals surface area (Å²) in [6.45, 7) is 3.57. The summed E-state index contributed by atoms with van der Waals surface area (Å²) in [5.41, 5.74) is 6.46. The molecular formula is C10H15N3O. The summed E-state index contributed by atoms with van der Waals surface area (Å²) < 4.78 is 0. The van der Waals surface area contributed by atoms with Crippen LogP contribution in [0.5, 0.6) is 0 Å². The highest BCUT2D eigenvalue weighted by molar-refractivity contribution is 5.81. The molecule has 4 heteroatoms. The Hall–Kier alpha value is -1.42. The SMILES string of the molecule is C[C@@H](N)C(=O)N[C@H](C)c1ccncc1. The fraction of sp³-hybridized carbons (Fsp3) is 0.400. The molecule has 4 nitrogen and oxygen atoms in total. The van der Waals surface area contributed by atoms with Crippen molar-refractivity contribution in [3.05, 3.63) is 30.1 Å². The van der Waals surface area contributed by atoms with Gasteiger partial charge in [0, 0.05) is 12.4 Å². The van der Waals surface area contributed by atoms with Crippen molar-refractivity contribution in [2.24, 2.45) is 5.73 Å². The molecule has 0 aromatic carbocycles. The maximum absolute atomic E-state index is 11.3. The Morgan fingerprint density at radius 1 is 1.43 bits per heavy atom. The van der Waals surface area contributed by atoms with Crippen molar-refractivity contribution < 1.29 is 4.79 Å². The number of nitrogens with two attached hydrogens (primary N) is 1. The van der Waals surface area contributed by atoms with Gasteiger partial charge in [-0.3, -0.25) is 9.78 Å². The number of hydrogen-bond acceptors (Lipinski definition) is 3. The zero-order chi connectivity index (χ0) is 10.6. The van der Waals surface area contributed by atoms with Gasteiger partial charge in [-0.15, -0.1) is 0 Å². The molecule has 0 aliphatic heterocycles. The fourth-order valence-electron chi connectivity index (χ4n) is 1.08. The average Bonchev–Trinajstić information content (AvgIpc) is 2.19. The van der Waals surface area contributed by atoms with Crippen LogP contribution in [0.15, 0.2) is 24.5 Å². The van der Waals surface area contributed by atoms with Gasteiger partial charge in [-0.05, 0) is 31.5 Å². The molecule has 2 atom stereocenters. The molecule has 1 aromatic rings. The van der Waals surface area contributed by atoms with Crippen LogP contribution in [0.25, 0.3) is 0 Å². The third kappa shape index (κ3) is 2.81. The molecule has 1 aromatic heterocycles. The number of pyridine rings is 1. The number of hydrogen-bond donors (Lipinski definition) is 2. The van der Waals surface area contributed by atoms with Crippen molar-refractivity contribution in [3.63, 3.8) is 0 Å². The van der Waals surface area contributed by atoms with Crippen LogP contribution in [0.3, 0.4) is 0 Å². The van der Waals surface area contributed by atoms with E-state index in [0.717, 1.165) is 5.56 Å². The Kier molecular flexibility index (Phi) is 3.59. The van der Waals surface area contributed by atoms with E-state index in [0.29, 0.717) is 0 Å². The van der Waals surface area contributed by atoms with Crippen molar-refractivity contribution >= 4 is 5.91 Å². The van der Waals surface area contributed by atoms with E-state index >= 15 is 0 Å². The number of aromatic nitrogens is 1. The zero-order valence-corrected chi connectivity index (χ0v) is 8.40. The van der Waals surface area contributed by atoms with E-state index in [2.05, 4.69) is 10.3 Å². The van der Waals surface area contributed by atoms with E-state index < -0.39 is 6.04 Å². The Morgan fingerprint density at radius 2 is 2.00 bits per heavy atom. The van der Waals surface area contributed by atoms with Gasteiger partial charge in [-0.1, -0.05) is 0 Å². The van der Waals surface area contributed by atoms with Gasteiger partial charge in [0.1, 0.15) is 0 Å². The molecule has 0 saturated carbocycles. The van der Waals surface area contributed by atoms with Gasteiger partial charge >= 0.3 is 0 Å². The van der Waals surface area contributed by atoms with E-state index in [1.807, 2.05) is 19.1 Å². The molecule has 0 radical (unpaired) electrons. The lowest BCUT2D eigenvalue weighted by molar-refractivity contribution is -0.122. The number of nitrogens with zero attached hydrogens (tertiary/aromatic N) is 1. The zero-order valence-electron chi connectivity index (χ0n) is 8.40. The maximum atomic E-state index is 11.3. The highest BCUT2D eigenvalue weighted by atomic mass is 16.2. The van der Waals surface area contributed by atoms with Crippen molar-refractivity contribution in [2.75, 3.05) is 0 Å². The van der Waals surface area contributed by atoms with Gasteiger partial charge in [0.05, 0.1) is 12.1 Å². The summed E-state index contributed by atoms with van der Waals surface area (Å²) in [5.74, 6) is -0.144. The summed E-state index contributed by atoms with van der Waals surface area (Å²) >= 11 is 0. The van der Waals surface area contributed by atoms with Crippen molar-refractivity contribution in [1.82, 2.24) is 10.3 Å². The standard InChI is InChI=1S/C10H15N3O/c1-7(11)10(14)13-8(2)9-3-5-12-6-4-9/h3-8H,11H2,1-2H3,(H,13,14)/t7-,8-/m1/s1. The molecule has 1 amide bonds. The van der Waals surface area contributed by atoms with E-state index in [9.17, 15) is 4.79 Å². The summed E-state index contributed by atoms with van der Waals surface area (Å²) in [4.78, 5) is 15.2. The summed E-state index contributed by atoms with van der Waals surface area (Å²) in [6.07, 6.45) is 3.40. The number of carbonyl (C=O) groups excluding carboxylic acids is 1. The molecular weight excluding hydrogens is 178 g/mol. The number of carbonyl (C=O) groups is 1. The van der Waals surface area contributed by atoms with Crippen LogP contribution < -0.4 is 11.1 Å². The van der Waals surface area contributed by atoms with Crippen LogP contribution in [0.1, 0.15) is 25.5 Å². The minimum Gasteiger partial charge on any atom is -0.348 e. The van der Waals surface area contributed by atoms with Gasteiger partial charge in [-0.25, -0.2) is 0 Å². The highest BCUT2D eigenvalue weighted by Gasteiger charge is 2.11. The number of rotatable bonds is 3. The second-order valence-corrected chi connectivity index (χ2v) is 3.30. The van der Waals surface area contributed by atoms with Crippen molar-refractivity contribution in [1.29, 1.82) is 0 Å². The van der Waals surface area contributed by atoms with Gasteiger partial charge in [-0.2, -0.15) is 0 Å². The maximum Gasteiger partial charge on any atom is 0.237 e. The van der Waals surface area contributed by atoms with E-state index in [1.54, 1.807) is 19.3 Å². The van der Waals surface area contributed by atoms with E-state index in [1.165, 1.54) is 0 Å². The Balaban J connectivity index is 2.59. The lowest BCUT2D eigenvalue weighted by Crippen LogP contribution is -2.39. The first-order chi connectivity index (χ1) is 6.61. The molecule has 14 heavy (non-hydrogen) atoms. The predicted molar refractivity (Wildman–Crippen MR) is 54.4 cm³/mol. The molecule has 0 fully saturated rings. The first kappa shape index (κ1) is 10.7.